The van der Waals surface area contributed by atoms with Crippen LogP contribution in [0.5, 0.6) is 5.75 Å². The number of benzene rings is 2. The predicted octanol–water partition coefficient (Wildman–Crippen LogP) is 3.13. The molecule has 0 spiro atoms. The average Bonchev–Trinajstić information content (AvgIpc) is 3.16. The highest BCUT2D eigenvalue weighted by Gasteiger charge is 2.32. The number of hydrogen-bond acceptors (Lipinski definition) is 4. The highest BCUT2D eigenvalue weighted by atomic mass is 32.2. The number of amides is 1. The minimum atomic E-state index is -3.59. The SMILES string of the molecule is COc1ccc([C@@H]2CCCN2C(=O)CN(c2ccccc2C)S(C)(=O)=O)cc1. The van der Waals surface area contributed by atoms with Gasteiger partial charge in [-0.25, -0.2) is 8.42 Å². The minimum Gasteiger partial charge on any atom is -0.497 e. The zero-order chi connectivity index (χ0) is 20.3. The van der Waals surface area contributed by atoms with E-state index in [9.17, 15) is 13.2 Å². The van der Waals surface area contributed by atoms with Gasteiger partial charge in [-0.15, -0.1) is 0 Å². The van der Waals surface area contributed by atoms with Gasteiger partial charge in [0.2, 0.25) is 15.9 Å². The van der Waals surface area contributed by atoms with E-state index in [-0.39, 0.29) is 18.5 Å². The lowest BCUT2D eigenvalue weighted by Gasteiger charge is -2.29. The summed E-state index contributed by atoms with van der Waals surface area (Å²) in [5, 5.41) is 0. The molecule has 0 radical (unpaired) electrons. The number of hydrogen-bond donors (Lipinski definition) is 0. The molecule has 0 aliphatic carbocycles. The van der Waals surface area contributed by atoms with Crippen LogP contribution in [0.15, 0.2) is 48.5 Å². The Hall–Kier alpha value is -2.54. The molecular formula is C21H26N2O4S. The van der Waals surface area contributed by atoms with Crippen LogP contribution >= 0.6 is 0 Å². The van der Waals surface area contributed by atoms with Gasteiger partial charge < -0.3 is 9.64 Å². The lowest BCUT2D eigenvalue weighted by atomic mass is 10.0. The first-order valence-electron chi connectivity index (χ1n) is 9.28. The highest BCUT2D eigenvalue weighted by Crippen LogP contribution is 2.33. The molecule has 28 heavy (non-hydrogen) atoms. The monoisotopic (exact) mass is 402 g/mol. The van der Waals surface area contributed by atoms with Crippen LogP contribution in [-0.2, 0) is 14.8 Å². The van der Waals surface area contributed by atoms with Crippen molar-refractivity contribution in [2.24, 2.45) is 0 Å². The summed E-state index contributed by atoms with van der Waals surface area (Å²) >= 11 is 0. The second kappa shape index (κ2) is 8.22. The molecule has 6 nitrogen and oxygen atoms in total. The third-order valence-electron chi connectivity index (χ3n) is 5.14. The molecule has 150 valence electrons. The molecule has 0 N–H and O–H groups in total. The quantitative estimate of drug-likeness (QED) is 0.745. The summed E-state index contributed by atoms with van der Waals surface area (Å²) in [7, 11) is -1.97. The van der Waals surface area contributed by atoms with Crippen LogP contribution < -0.4 is 9.04 Å². The molecule has 1 aliphatic heterocycles. The van der Waals surface area contributed by atoms with Crippen molar-refractivity contribution in [3.8, 4) is 5.75 Å². The number of sulfonamides is 1. The van der Waals surface area contributed by atoms with Gasteiger partial charge in [0.1, 0.15) is 12.3 Å². The van der Waals surface area contributed by atoms with Gasteiger partial charge in [-0.3, -0.25) is 9.10 Å². The van der Waals surface area contributed by atoms with Crippen LogP contribution in [0.2, 0.25) is 0 Å². The van der Waals surface area contributed by atoms with Crippen LogP contribution in [0.25, 0.3) is 0 Å². The summed E-state index contributed by atoms with van der Waals surface area (Å²) in [6, 6.07) is 14.8. The van der Waals surface area contributed by atoms with Gasteiger partial charge in [0, 0.05) is 6.54 Å². The summed E-state index contributed by atoms with van der Waals surface area (Å²) in [6.45, 7) is 2.27. The van der Waals surface area contributed by atoms with Crippen molar-refractivity contribution in [3.63, 3.8) is 0 Å². The van der Waals surface area contributed by atoms with Crippen molar-refractivity contribution in [2.75, 3.05) is 30.8 Å². The Morgan fingerprint density at radius 1 is 1.18 bits per heavy atom. The first-order valence-corrected chi connectivity index (χ1v) is 11.1. The lowest BCUT2D eigenvalue weighted by Crippen LogP contribution is -2.42. The molecule has 2 aromatic rings. The molecule has 2 aromatic carbocycles. The molecule has 1 saturated heterocycles. The first kappa shape index (κ1) is 20.2. The van der Waals surface area contributed by atoms with E-state index < -0.39 is 10.0 Å². The number of likely N-dealkylation sites (tertiary alicyclic amines) is 1. The molecular weight excluding hydrogens is 376 g/mol. The van der Waals surface area contributed by atoms with Crippen molar-refractivity contribution in [1.29, 1.82) is 0 Å². The van der Waals surface area contributed by atoms with Crippen molar-refractivity contribution < 1.29 is 17.9 Å². The molecule has 1 amide bonds. The van der Waals surface area contributed by atoms with Crippen LogP contribution in [0.3, 0.4) is 0 Å². The molecule has 1 heterocycles. The molecule has 0 saturated carbocycles. The van der Waals surface area contributed by atoms with Gasteiger partial charge in [-0.1, -0.05) is 30.3 Å². The predicted molar refractivity (Wildman–Crippen MR) is 110 cm³/mol. The first-order chi connectivity index (χ1) is 13.3. The number of methoxy groups -OCH3 is 1. The summed E-state index contributed by atoms with van der Waals surface area (Å²) in [5.41, 5.74) is 2.39. The van der Waals surface area contributed by atoms with Crippen LogP contribution in [0.1, 0.15) is 30.0 Å². The summed E-state index contributed by atoms with van der Waals surface area (Å²) in [5.74, 6) is 0.578. The Morgan fingerprint density at radius 2 is 1.86 bits per heavy atom. The van der Waals surface area contributed by atoms with Gasteiger partial charge >= 0.3 is 0 Å². The number of nitrogens with zero attached hydrogens (tertiary/aromatic N) is 2. The number of aryl methyl sites for hydroxylation is 1. The van der Waals surface area contributed by atoms with Crippen LogP contribution in [0, 0.1) is 6.92 Å². The second-order valence-corrected chi connectivity index (χ2v) is 8.98. The highest BCUT2D eigenvalue weighted by molar-refractivity contribution is 7.92. The number of ether oxygens (including phenoxy) is 1. The summed E-state index contributed by atoms with van der Waals surface area (Å²) < 4.78 is 31.2. The normalized spacial score (nSPS) is 16.8. The molecule has 0 aromatic heterocycles. The zero-order valence-electron chi connectivity index (χ0n) is 16.5. The molecule has 0 unspecified atom stereocenters. The van der Waals surface area contributed by atoms with E-state index in [1.54, 1.807) is 24.1 Å². The number of para-hydroxylation sites is 1. The molecule has 3 rings (SSSR count). The van der Waals surface area contributed by atoms with E-state index in [1.165, 1.54) is 4.31 Å². The van der Waals surface area contributed by atoms with Gasteiger partial charge in [-0.05, 0) is 49.1 Å². The lowest BCUT2D eigenvalue weighted by molar-refractivity contribution is -0.130. The fourth-order valence-corrected chi connectivity index (χ4v) is 4.58. The smallest absolute Gasteiger partial charge is 0.243 e. The van der Waals surface area contributed by atoms with Gasteiger partial charge in [0.15, 0.2) is 0 Å². The van der Waals surface area contributed by atoms with Crippen LogP contribution in [0.4, 0.5) is 5.69 Å². The van der Waals surface area contributed by atoms with Gasteiger partial charge in [0.05, 0.1) is 25.1 Å². The molecule has 1 aliphatic rings. The van der Waals surface area contributed by atoms with E-state index in [0.29, 0.717) is 12.2 Å². The van der Waals surface area contributed by atoms with E-state index in [0.717, 1.165) is 36.0 Å². The Kier molecular flexibility index (Phi) is 5.93. The van der Waals surface area contributed by atoms with E-state index in [2.05, 4.69) is 0 Å². The van der Waals surface area contributed by atoms with E-state index >= 15 is 0 Å². The zero-order valence-corrected chi connectivity index (χ0v) is 17.3. The third-order valence-corrected chi connectivity index (χ3v) is 6.26. The number of anilines is 1. The third kappa shape index (κ3) is 4.30. The van der Waals surface area contributed by atoms with Crippen molar-refractivity contribution >= 4 is 21.6 Å². The molecule has 7 heteroatoms. The van der Waals surface area contributed by atoms with Crippen molar-refractivity contribution in [3.05, 3.63) is 59.7 Å². The summed E-state index contributed by atoms with van der Waals surface area (Å²) in [4.78, 5) is 14.9. The van der Waals surface area contributed by atoms with Crippen molar-refractivity contribution in [1.82, 2.24) is 4.90 Å². The maximum atomic E-state index is 13.1. The van der Waals surface area contributed by atoms with Crippen LogP contribution in [-0.4, -0.2) is 45.7 Å². The van der Waals surface area contributed by atoms with Crippen molar-refractivity contribution in [2.45, 2.75) is 25.8 Å². The average molecular weight is 403 g/mol. The van der Waals surface area contributed by atoms with E-state index in [4.69, 9.17) is 4.74 Å². The fraction of sp³-hybridized carbons (Fsp3) is 0.381. The Labute approximate surface area is 166 Å². The largest absolute Gasteiger partial charge is 0.497 e. The summed E-state index contributed by atoms with van der Waals surface area (Å²) in [6.07, 6.45) is 2.89. The van der Waals surface area contributed by atoms with Gasteiger partial charge in [-0.2, -0.15) is 0 Å². The molecule has 0 bridgehead atoms. The second-order valence-electron chi connectivity index (χ2n) is 7.07. The Bertz CT molecular complexity index is 941. The molecule has 1 fully saturated rings. The number of rotatable bonds is 6. The topological polar surface area (TPSA) is 66.9 Å². The number of carbonyl (C=O) groups excluding carboxylic acids is 1. The van der Waals surface area contributed by atoms with Gasteiger partial charge in [0.25, 0.3) is 0 Å². The Morgan fingerprint density at radius 3 is 2.46 bits per heavy atom. The maximum Gasteiger partial charge on any atom is 0.243 e. The van der Waals surface area contributed by atoms with E-state index in [1.807, 2.05) is 43.3 Å². The Balaban J connectivity index is 1.83. The molecule has 1 atom stereocenters. The standard InChI is InChI=1S/C21H26N2O4S/c1-16-7-4-5-8-19(16)23(28(3,25)26)15-21(24)22-14-6-9-20(22)17-10-12-18(27-2)13-11-17/h4-5,7-8,10-13,20H,6,9,14-15H2,1-3H3/t20-/m0/s1. The number of carbonyl (C=O) groups is 1. The minimum absolute atomic E-state index is 0.0447. The maximum absolute atomic E-state index is 13.1. The fourth-order valence-electron chi connectivity index (χ4n) is 3.68.